The second kappa shape index (κ2) is 12.1. The average molecular weight is 567 g/mol. The molecule has 1 unspecified atom stereocenters. The quantitative estimate of drug-likeness (QED) is 0.289. The van der Waals surface area contributed by atoms with E-state index < -0.39 is 18.2 Å². The number of benzene rings is 1. The molecule has 0 spiro atoms. The Bertz CT molecular complexity index is 1310. The number of hydrogen-bond acceptors (Lipinski definition) is 9. The molecular weight excluding hydrogens is 528 g/mol. The van der Waals surface area contributed by atoms with Crippen molar-refractivity contribution in [1.29, 1.82) is 0 Å². The molecule has 5 rings (SSSR count). The van der Waals surface area contributed by atoms with Crippen LogP contribution in [-0.4, -0.2) is 62.7 Å². The Morgan fingerprint density at radius 3 is 2.70 bits per heavy atom. The molecule has 9 nitrogen and oxygen atoms in total. The van der Waals surface area contributed by atoms with Crippen molar-refractivity contribution in [3.63, 3.8) is 0 Å². The summed E-state index contributed by atoms with van der Waals surface area (Å²) >= 11 is 1.61. The van der Waals surface area contributed by atoms with Crippen LogP contribution in [0.4, 0.5) is 0 Å². The van der Waals surface area contributed by atoms with Gasteiger partial charge in [0.2, 0.25) is 5.91 Å². The summed E-state index contributed by atoms with van der Waals surface area (Å²) in [5, 5.41) is 27.6. The van der Waals surface area contributed by atoms with Crippen LogP contribution in [0.15, 0.2) is 46.9 Å². The molecule has 1 aromatic carbocycles. The van der Waals surface area contributed by atoms with Crippen molar-refractivity contribution in [2.24, 2.45) is 11.8 Å². The van der Waals surface area contributed by atoms with Crippen LogP contribution >= 0.6 is 11.3 Å². The van der Waals surface area contributed by atoms with Crippen molar-refractivity contribution in [3.05, 3.63) is 59.4 Å². The zero-order valence-electron chi connectivity index (χ0n) is 23.2. The van der Waals surface area contributed by atoms with E-state index in [4.69, 9.17) is 9.26 Å². The first-order valence-corrected chi connectivity index (χ1v) is 14.8. The number of carbonyl (C=O) groups is 1. The van der Waals surface area contributed by atoms with Crippen molar-refractivity contribution in [2.45, 2.75) is 70.7 Å². The van der Waals surface area contributed by atoms with Crippen molar-refractivity contribution in [3.8, 4) is 16.3 Å². The maximum atomic E-state index is 13.8. The molecule has 3 N–H and O–H groups in total. The SMILES string of the molecule is C=C(NC(O)[C@@H]1CCCN1C(=O)[C@H](c1cc(OC2CC(CO)C2)no1)C(C)C)c1ccc(-c2scnc2C)cc1. The molecule has 1 amide bonds. The first kappa shape index (κ1) is 28.3. The van der Waals surface area contributed by atoms with Crippen molar-refractivity contribution in [1.82, 2.24) is 20.4 Å². The molecule has 3 heterocycles. The Morgan fingerprint density at radius 1 is 1.30 bits per heavy atom. The van der Waals surface area contributed by atoms with Gasteiger partial charge in [-0.05, 0) is 60.7 Å². The number of aryl methyl sites for hydroxylation is 1. The lowest BCUT2D eigenvalue weighted by Gasteiger charge is -2.33. The van der Waals surface area contributed by atoms with Gasteiger partial charge in [-0.3, -0.25) is 4.79 Å². The van der Waals surface area contributed by atoms with Gasteiger partial charge in [0.15, 0.2) is 5.76 Å². The molecule has 2 aromatic heterocycles. The lowest BCUT2D eigenvalue weighted by Crippen LogP contribution is -2.50. The van der Waals surface area contributed by atoms with Crippen molar-refractivity contribution in [2.75, 3.05) is 13.2 Å². The van der Waals surface area contributed by atoms with Gasteiger partial charge in [0.1, 0.15) is 18.2 Å². The molecule has 2 aliphatic rings. The number of hydrogen-bond donors (Lipinski definition) is 3. The molecule has 1 saturated heterocycles. The Balaban J connectivity index is 1.22. The first-order valence-electron chi connectivity index (χ1n) is 13.9. The standard InChI is InChI=1S/C30H38N4O5S/c1-17(2)27(25-14-26(33-39-25)38-23-12-20(13-23)15-35)30(37)34-11-5-6-24(34)29(36)32-18(3)21-7-9-22(10-8-21)28-19(4)31-16-40-28/h7-10,14,16-17,20,23-24,27,29,32,35-36H,3,5-6,11-13,15H2,1-2,4H3/t20?,23?,24-,27-,29?/m0/s1. The van der Waals surface area contributed by atoms with Gasteiger partial charge in [-0.1, -0.05) is 44.7 Å². The number of aliphatic hydroxyl groups excluding tert-OH is 2. The van der Waals surface area contributed by atoms with Crippen LogP contribution < -0.4 is 10.1 Å². The maximum Gasteiger partial charge on any atom is 0.254 e. The minimum Gasteiger partial charge on any atom is -0.472 e. The summed E-state index contributed by atoms with van der Waals surface area (Å²) in [5.74, 6) is 0.411. The van der Waals surface area contributed by atoms with Gasteiger partial charge < -0.3 is 29.7 Å². The van der Waals surface area contributed by atoms with E-state index in [1.807, 2.05) is 50.5 Å². The number of aliphatic hydroxyl groups is 2. The number of carbonyl (C=O) groups excluding carboxylic acids is 1. The van der Waals surface area contributed by atoms with Crippen LogP contribution in [0.1, 0.15) is 62.5 Å². The second-order valence-corrected chi connectivity index (χ2v) is 12.1. The molecule has 1 aliphatic carbocycles. The van der Waals surface area contributed by atoms with E-state index in [-0.39, 0.29) is 30.5 Å². The zero-order chi connectivity index (χ0) is 28.4. The fourth-order valence-corrected chi connectivity index (χ4v) is 6.44. The predicted octanol–water partition coefficient (Wildman–Crippen LogP) is 4.57. The average Bonchev–Trinajstić information content (AvgIpc) is 3.67. The fraction of sp³-hybridized carbons (Fsp3) is 0.500. The summed E-state index contributed by atoms with van der Waals surface area (Å²) in [5.41, 5.74) is 5.39. The minimum absolute atomic E-state index is 0.00797. The van der Waals surface area contributed by atoms with E-state index in [2.05, 4.69) is 22.0 Å². The number of rotatable bonds is 11. The first-order chi connectivity index (χ1) is 19.2. The highest BCUT2D eigenvalue weighted by Crippen LogP contribution is 2.35. The molecule has 3 aromatic rings. The Hall–Kier alpha value is -3.21. The lowest BCUT2D eigenvalue weighted by molar-refractivity contribution is -0.137. The normalized spacial score (nSPS) is 22.1. The number of ether oxygens (including phenoxy) is 1. The van der Waals surface area contributed by atoms with Gasteiger partial charge in [-0.15, -0.1) is 11.3 Å². The summed E-state index contributed by atoms with van der Waals surface area (Å²) in [4.78, 5) is 21.0. The van der Waals surface area contributed by atoms with Crippen molar-refractivity contribution < 1.29 is 24.3 Å². The van der Waals surface area contributed by atoms with Gasteiger partial charge in [0.25, 0.3) is 5.88 Å². The van der Waals surface area contributed by atoms with E-state index in [0.29, 0.717) is 30.3 Å². The largest absolute Gasteiger partial charge is 0.472 e. The van der Waals surface area contributed by atoms with E-state index in [1.54, 1.807) is 22.3 Å². The molecule has 0 radical (unpaired) electrons. The number of nitrogens with zero attached hydrogens (tertiary/aromatic N) is 3. The van der Waals surface area contributed by atoms with E-state index >= 15 is 0 Å². The zero-order valence-corrected chi connectivity index (χ0v) is 24.1. The third-order valence-electron chi connectivity index (χ3n) is 7.99. The number of likely N-dealkylation sites (tertiary alicyclic amines) is 1. The molecule has 3 atom stereocenters. The molecular formula is C30H38N4O5S. The Labute approximate surface area is 238 Å². The minimum atomic E-state index is -0.970. The topological polar surface area (TPSA) is 121 Å². The summed E-state index contributed by atoms with van der Waals surface area (Å²) < 4.78 is 11.5. The number of amides is 1. The summed E-state index contributed by atoms with van der Waals surface area (Å²) in [6.07, 6.45) is 2.09. The third kappa shape index (κ3) is 5.94. The smallest absolute Gasteiger partial charge is 0.254 e. The summed E-state index contributed by atoms with van der Waals surface area (Å²) in [6, 6.07) is 9.31. The van der Waals surface area contributed by atoms with Gasteiger partial charge >= 0.3 is 0 Å². The van der Waals surface area contributed by atoms with Crippen LogP contribution in [0.3, 0.4) is 0 Å². The molecule has 1 aliphatic heterocycles. The summed E-state index contributed by atoms with van der Waals surface area (Å²) in [7, 11) is 0. The van der Waals surface area contributed by atoms with Gasteiger partial charge in [0.05, 0.1) is 22.1 Å². The number of thiazole rings is 1. The number of aromatic nitrogens is 2. The van der Waals surface area contributed by atoms with Crippen LogP contribution in [0.25, 0.3) is 16.1 Å². The number of nitrogens with one attached hydrogen (secondary N) is 1. The molecule has 40 heavy (non-hydrogen) atoms. The maximum absolute atomic E-state index is 13.8. The highest BCUT2D eigenvalue weighted by atomic mass is 32.1. The van der Waals surface area contributed by atoms with Crippen molar-refractivity contribution >= 4 is 22.9 Å². The molecule has 214 valence electrons. The predicted molar refractivity (Wildman–Crippen MR) is 154 cm³/mol. The molecule has 1 saturated carbocycles. The third-order valence-corrected chi connectivity index (χ3v) is 8.97. The Kier molecular flexibility index (Phi) is 8.58. The monoisotopic (exact) mass is 566 g/mol. The van der Waals surface area contributed by atoms with E-state index in [0.717, 1.165) is 41.0 Å². The van der Waals surface area contributed by atoms with Crippen LogP contribution in [0, 0.1) is 18.8 Å². The van der Waals surface area contributed by atoms with E-state index in [9.17, 15) is 15.0 Å². The van der Waals surface area contributed by atoms with Gasteiger partial charge in [-0.2, -0.15) is 0 Å². The highest BCUT2D eigenvalue weighted by molar-refractivity contribution is 7.13. The van der Waals surface area contributed by atoms with Crippen LogP contribution in [-0.2, 0) is 4.79 Å². The van der Waals surface area contributed by atoms with E-state index in [1.165, 1.54) is 0 Å². The van der Waals surface area contributed by atoms with Crippen LogP contribution in [0.2, 0.25) is 0 Å². The fourth-order valence-electron chi connectivity index (χ4n) is 5.63. The van der Waals surface area contributed by atoms with Crippen LogP contribution in [0.5, 0.6) is 5.88 Å². The molecule has 0 bridgehead atoms. The highest BCUT2D eigenvalue weighted by Gasteiger charge is 2.40. The Morgan fingerprint density at radius 2 is 2.05 bits per heavy atom. The lowest BCUT2D eigenvalue weighted by atomic mass is 9.83. The molecule has 2 fully saturated rings. The van der Waals surface area contributed by atoms with Gasteiger partial charge in [0, 0.05) is 24.9 Å². The summed E-state index contributed by atoms with van der Waals surface area (Å²) in [6.45, 7) is 10.8. The molecule has 10 heteroatoms. The second-order valence-electron chi connectivity index (χ2n) is 11.2. The van der Waals surface area contributed by atoms with Gasteiger partial charge in [-0.25, -0.2) is 4.98 Å².